The molecule has 2 amide bonds. The molecule has 6 nitrogen and oxygen atoms in total. The molecule has 1 unspecified atom stereocenters. The summed E-state index contributed by atoms with van der Waals surface area (Å²) in [6, 6.07) is 3.65. The molecule has 1 aromatic rings. The minimum atomic E-state index is -0.112. The Morgan fingerprint density at radius 2 is 2.00 bits per heavy atom. The molecule has 2 rings (SSSR count). The van der Waals surface area contributed by atoms with Crippen molar-refractivity contribution in [3.05, 3.63) is 24.2 Å². The zero-order valence-electron chi connectivity index (χ0n) is 17.4. The van der Waals surface area contributed by atoms with Crippen LogP contribution in [0.25, 0.3) is 0 Å². The van der Waals surface area contributed by atoms with E-state index in [9.17, 15) is 9.59 Å². The van der Waals surface area contributed by atoms with Gasteiger partial charge in [0, 0.05) is 25.6 Å². The first-order valence-corrected chi connectivity index (χ1v) is 9.87. The largest absolute Gasteiger partial charge is 0.467 e. The van der Waals surface area contributed by atoms with Crippen LogP contribution in [0.4, 0.5) is 0 Å². The molecule has 1 atom stereocenters. The number of amides is 2. The van der Waals surface area contributed by atoms with Crippen LogP contribution in [0, 0.1) is 5.41 Å². The SMILES string of the molecule is CC(C)N(CC(=O)N(Cc1ccco1)CC1CCCO1)C(=O)CC(C)(C)C. The van der Waals surface area contributed by atoms with Gasteiger partial charge in [0.2, 0.25) is 11.8 Å². The fourth-order valence-electron chi connectivity index (χ4n) is 3.24. The van der Waals surface area contributed by atoms with Crippen molar-refractivity contribution in [2.75, 3.05) is 19.7 Å². The Morgan fingerprint density at radius 1 is 1.26 bits per heavy atom. The lowest BCUT2D eigenvalue weighted by Gasteiger charge is -2.32. The van der Waals surface area contributed by atoms with E-state index in [0.717, 1.165) is 25.2 Å². The standard InChI is InChI=1S/C21H34N2O4/c1-16(2)23(19(24)12-21(3,4)5)15-20(25)22(13-17-8-6-10-26-17)14-18-9-7-11-27-18/h6,8,10,16,18H,7,9,11-15H2,1-5H3. The summed E-state index contributed by atoms with van der Waals surface area (Å²) in [5, 5.41) is 0. The van der Waals surface area contributed by atoms with Gasteiger partial charge in [0.05, 0.1) is 25.5 Å². The van der Waals surface area contributed by atoms with E-state index in [1.807, 2.05) is 46.8 Å². The lowest BCUT2D eigenvalue weighted by Crippen LogP contribution is -2.47. The molecule has 2 heterocycles. The Bertz CT molecular complexity index is 598. The number of carbonyl (C=O) groups excluding carboxylic acids is 2. The van der Waals surface area contributed by atoms with Crippen molar-refractivity contribution in [2.45, 2.75) is 72.6 Å². The summed E-state index contributed by atoms with van der Waals surface area (Å²) in [6.45, 7) is 11.7. The smallest absolute Gasteiger partial charge is 0.242 e. The van der Waals surface area contributed by atoms with E-state index in [-0.39, 0.29) is 35.9 Å². The molecular formula is C21H34N2O4. The fourth-order valence-corrected chi connectivity index (χ4v) is 3.24. The number of ether oxygens (including phenoxy) is 1. The van der Waals surface area contributed by atoms with Gasteiger partial charge in [-0.1, -0.05) is 20.8 Å². The van der Waals surface area contributed by atoms with Gasteiger partial charge in [-0.3, -0.25) is 9.59 Å². The molecular weight excluding hydrogens is 344 g/mol. The first-order valence-electron chi connectivity index (χ1n) is 9.87. The Morgan fingerprint density at radius 3 is 2.52 bits per heavy atom. The third-order valence-corrected chi connectivity index (χ3v) is 4.66. The lowest BCUT2D eigenvalue weighted by molar-refractivity contribution is -0.144. The van der Waals surface area contributed by atoms with Crippen LogP contribution in [-0.2, 0) is 20.9 Å². The maximum atomic E-state index is 13.1. The van der Waals surface area contributed by atoms with E-state index in [1.54, 1.807) is 16.1 Å². The van der Waals surface area contributed by atoms with Crippen molar-refractivity contribution < 1.29 is 18.7 Å². The second kappa shape index (κ2) is 9.40. The van der Waals surface area contributed by atoms with Gasteiger partial charge in [0.25, 0.3) is 0 Å². The molecule has 1 saturated heterocycles. The fraction of sp³-hybridized carbons (Fsp3) is 0.714. The molecule has 0 saturated carbocycles. The Balaban J connectivity index is 2.07. The van der Waals surface area contributed by atoms with E-state index < -0.39 is 0 Å². The van der Waals surface area contributed by atoms with Crippen LogP contribution in [0.3, 0.4) is 0 Å². The van der Waals surface area contributed by atoms with Crippen LogP contribution in [0.5, 0.6) is 0 Å². The van der Waals surface area contributed by atoms with Gasteiger partial charge in [0.15, 0.2) is 0 Å². The highest BCUT2D eigenvalue weighted by Gasteiger charge is 2.29. The highest BCUT2D eigenvalue weighted by atomic mass is 16.5. The molecule has 0 aliphatic carbocycles. The van der Waals surface area contributed by atoms with Crippen LogP contribution >= 0.6 is 0 Å². The minimum Gasteiger partial charge on any atom is -0.467 e. The molecule has 0 radical (unpaired) electrons. The predicted molar refractivity (Wildman–Crippen MR) is 104 cm³/mol. The minimum absolute atomic E-state index is 0.0147. The number of carbonyl (C=O) groups is 2. The highest BCUT2D eigenvalue weighted by molar-refractivity contribution is 5.85. The third-order valence-electron chi connectivity index (χ3n) is 4.66. The maximum Gasteiger partial charge on any atom is 0.242 e. The number of hydrogen-bond donors (Lipinski definition) is 0. The van der Waals surface area contributed by atoms with Crippen molar-refractivity contribution in [2.24, 2.45) is 5.41 Å². The van der Waals surface area contributed by atoms with Gasteiger partial charge in [-0.2, -0.15) is 0 Å². The summed E-state index contributed by atoms with van der Waals surface area (Å²) in [4.78, 5) is 29.2. The second-order valence-electron chi connectivity index (χ2n) is 8.84. The van der Waals surface area contributed by atoms with Crippen molar-refractivity contribution in [3.8, 4) is 0 Å². The first kappa shape index (κ1) is 21.5. The normalized spacial score (nSPS) is 17.3. The zero-order valence-corrected chi connectivity index (χ0v) is 17.4. The number of hydrogen-bond acceptors (Lipinski definition) is 4. The monoisotopic (exact) mass is 378 g/mol. The lowest BCUT2D eigenvalue weighted by atomic mass is 9.91. The van der Waals surface area contributed by atoms with E-state index in [2.05, 4.69) is 0 Å². The average molecular weight is 379 g/mol. The van der Waals surface area contributed by atoms with Gasteiger partial charge in [0.1, 0.15) is 5.76 Å². The summed E-state index contributed by atoms with van der Waals surface area (Å²) < 4.78 is 11.1. The molecule has 1 aliphatic rings. The Labute approximate surface area is 162 Å². The zero-order chi connectivity index (χ0) is 20.0. The summed E-state index contributed by atoms with van der Waals surface area (Å²) in [5.41, 5.74) is -0.112. The van der Waals surface area contributed by atoms with Crippen LogP contribution in [0.2, 0.25) is 0 Å². The van der Waals surface area contributed by atoms with Gasteiger partial charge in [-0.15, -0.1) is 0 Å². The van der Waals surface area contributed by atoms with Gasteiger partial charge < -0.3 is 19.0 Å². The molecule has 1 fully saturated rings. The van der Waals surface area contributed by atoms with E-state index in [4.69, 9.17) is 9.15 Å². The van der Waals surface area contributed by atoms with Crippen molar-refractivity contribution >= 4 is 11.8 Å². The van der Waals surface area contributed by atoms with Gasteiger partial charge >= 0.3 is 0 Å². The molecule has 0 spiro atoms. The number of rotatable bonds is 8. The molecule has 0 bridgehead atoms. The average Bonchev–Trinajstić information content (AvgIpc) is 3.23. The van der Waals surface area contributed by atoms with E-state index in [1.165, 1.54) is 0 Å². The van der Waals surface area contributed by atoms with Crippen LogP contribution in [-0.4, -0.2) is 53.5 Å². The topological polar surface area (TPSA) is 63.0 Å². The van der Waals surface area contributed by atoms with Crippen molar-refractivity contribution in [3.63, 3.8) is 0 Å². The quantitative estimate of drug-likeness (QED) is 0.695. The summed E-state index contributed by atoms with van der Waals surface area (Å²) in [5.74, 6) is 0.678. The summed E-state index contributed by atoms with van der Waals surface area (Å²) >= 11 is 0. The number of nitrogens with zero attached hydrogens (tertiary/aromatic N) is 2. The number of furan rings is 1. The molecule has 152 valence electrons. The first-order chi connectivity index (χ1) is 12.7. The molecule has 0 N–H and O–H groups in total. The molecule has 0 aromatic carbocycles. The second-order valence-corrected chi connectivity index (χ2v) is 8.84. The maximum absolute atomic E-state index is 13.1. The molecule has 27 heavy (non-hydrogen) atoms. The molecule has 1 aliphatic heterocycles. The molecule has 1 aromatic heterocycles. The van der Waals surface area contributed by atoms with E-state index in [0.29, 0.717) is 19.5 Å². The van der Waals surface area contributed by atoms with E-state index >= 15 is 0 Å². The van der Waals surface area contributed by atoms with Gasteiger partial charge in [-0.25, -0.2) is 0 Å². The van der Waals surface area contributed by atoms with Crippen LogP contribution in [0.15, 0.2) is 22.8 Å². The molecule has 6 heteroatoms. The van der Waals surface area contributed by atoms with Crippen molar-refractivity contribution in [1.29, 1.82) is 0 Å². The predicted octanol–water partition coefficient (Wildman–Crippen LogP) is 3.46. The highest BCUT2D eigenvalue weighted by Crippen LogP contribution is 2.21. The Hall–Kier alpha value is -1.82. The summed E-state index contributed by atoms with van der Waals surface area (Å²) in [6.07, 6.45) is 4.07. The van der Waals surface area contributed by atoms with Gasteiger partial charge in [-0.05, 0) is 44.2 Å². The third kappa shape index (κ3) is 7.01. The Kier molecular flexibility index (Phi) is 7.48. The van der Waals surface area contributed by atoms with Crippen LogP contribution in [0.1, 0.15) is 59.6 Å². The summed E-state index contributed by atoms with van der Waals surface area (Å²) in [7, 11) is 0. The van der Waals surface area contributed by atoms with Crippen LogP contribution < -0.4 is 0 Å². The van der Waals surface area contributed by atoms with Crippen molar-refractivity contribution in [1.82, 2.24) is 9.80 Å².